The highest BCUT2D eigenvalue weighted by Gasteiger charge is 1.96. The molecule has 29 heavy (non-hydrogen) atoms. The first-order valence-corrected chi connectivity index (χ1v) is 10.2. The van der Waals surface area contributed by atoms with Crippen molar-refractivity contribution in [1.82, 2.24) is 0 Å². The Hall–Kier alpha value is -2.93. The molecule has 1 heteroatoms. The van der Waals surface area contributed by atoms with Gasteiger partial charge in [-0.25, -0.2) is 0 Å². The maximum atomic E-state index is 3.80. The van der Waals surface area contributed by atoms with Gasteiger partial charge in [0.05, 0.1) is 0 Å². The Morgan fingerprint density at radius 2 is 1.52 bits per heavy atom. The largest absolute Gasteiger partial charge is 0.272 e. The summed E-state index contributed by atoms with van der Waals surface area (Å²) < 4.78 is 0. The summed E-state index contributed by atoms with van der Waals surface area (Å²) in [5.74, 6) is 0. The Kier molecular flexibility index (Phi) is 15.5. The molecule has 0 heterocycles. The molecule has 0 N–H and O–H groups in total. The predicted octanol–water partition coefficient (Wildman–Crippen LogP) is 8.15. The van der Waals surface area contributed by atoms with Crippen LogP contribution in [-0.2, 0) is 12.8 Å². The zero-order valence-electron chi connectivity index (χ0n) is 18.4. The summed E-state index contributed by atoms with van der Waals surface area (Å²) in [5.41, 5.74) is 6.07. The average Bonchev–Trinajstić information content (AvgIpc) is 2.77. The molecular weight excluding hydrogens is 350 g/mol. The fraction of sp³-hybridized carbons (Fsp3) is 0.250. The third kappa shape index (κ3) is 11.5. The summed E-state index contributed by atoms with van der Waals surface area (Å²) in [6.07, 6.45) is 18.5. The van der Waals surface area contributed by atoms with Crippen LogP contribution >= 0.6 is 0 Å². The average molecular weight is 388 g/mol. The maximum Gasteiger partial charge on any atom is 0.0338 e. The van der Waals surface area contributed by atoms with E-state index >= 15 is 0 Å². The van der Waals surface area contributed by atoms with Gasteiger partial charge >= 0.3 is 0 Å². The summed E-state index contributed by atoms with van der Waals surface area (Å²) in [5, 5.41) is 0. The van der Waals surface area contributed by atoms with E-state index in [0.29, 0.717) is 0 Å². The van der Waals surface area contributed by atoms with Crippen LogP contribution in [0, 0.1) is 0 Å². The lowest BCUT2D eigenvalue weighted by atomic mass is 10.0. The maximum absolute atomic E-state index is 3.80. The van der Waals surface area contributed by atoms with Crippen molar-refractivity contribution in [3.63, 3.8) is 0 Å². The van der Waals surface area contributed by atoms with Crippen LogP contribution in [0.1, 0.15) is 44.2 Å². The van der Waals surface area contributed by atoms with Gasteiger partial charge < -0.3 is 0 Å². The second-order valence-corrected chi connectivity index (χ2v) is 6.47. The summed E-state index contributed by atoms with van der Waals surface area (Å²) in [6, 6.07) is 8.85. The Morgan fingerprint density at radius 3 is 1.97 bits per heavy atom. The molecule has 0 spiro atoms. The van der Waals surface area contributed by atoms with Crippen LogP contribution in [0.5, 0.6) is 0 Å². The van der Waals surface area contributed by atoms with E-state index in [1.54, 1.807) is 12.3 Å². The molecule has 0 aliphatic carbocycles. The first-order chi connectivity index (χ1) is 14.1. The number of hydrogen-bond donors (Lipinski definition) is 0. The first kappa shape index (κ1) is 26.1. The molecule has 0 aliphatic rings. The number of allylic oxidation sites excluding steroid dienone is 9. The quantitative estimate of drug-likeness (QED) is 0.253. The minimum Gasteiger partial charge on any atom is -0.272 e. The number of rotatable bonds is 12. The Balaban J connectivity index is 0.000000555. The third-order valence-electron chi connectivity index (χ3n) is 4.38. The molecule has 0 unspecified atom stereocenters. The highest BCUT2D eigenvalue weighted by atomic mass is 14.6. The molecule has 0 amide bonds. The number of hydrogen-bond acceptors (Lipinski definition) is 1. The zero-order valence-corrected chi connectivity index (χ0v) is 18.4. The number of benzene rings is 1. The molecule has 0 saturated carbocycles. The summed E-state index contributed by atoms with van der Waals surface area (Å²) in [7, 11) is 0. The smallest absolute Gasteiger partial charge is 0.0338 e. The molecular formula is C28H37N. The van der Waals surface area contributed by atoms with Gasteiger partial charge in [0.1, 0.15) is 0 Å². The van der Waals surface area contributed by atoms with Crippen molar-refractivity contribution < 1.29 is 0 Å². The molecule has 154 valence electrons. The summed E-state index contributed by atoms with van der Waals surface area (Å²) in [4.78, 5) is 3.71. The fourth-order valence-electron chi connectivity index (χ4n) is 2.60. The lowest BCUT2D eigenvalue weighted by molar-refractivity contribution is 0.954. The van der Waals surface area contributed by atoms with Crippen molar-refractivity contribution in [2.45, 2.75) is 46.0 Å². The molecule has 0 saturated heterocycles. The van der Waals surface area contributed by atoms with Gasteiger partial charge in [-0.05, 0) is 60.2 Å². The molecule has 1 nitrogen and oxygen atoms in total. The van der Waals surface area contributed by atoms with Crippen molar-refractivity contribution in [3.8, 4) is 0 Å². The van der Waals surface area contributed by atoms with Crippen LogP contribution < -0.4 is 0 Å². The molecule has 0 atom stereocenters. The van der Waals surface area contributed by atoms with E-state index in [-0.39, 0.29) is 0 Å². The summed E-state index contributed by atoms with van der Waals surface area (Å²) >= 11 is 0. The molecule has 0 fully saturated rings. The topological polar surface area (TPSA) is 12.4 Å². The molecule has 1 aromatic carbocycles. The van der Waals surface area contributed by atoms with Gasteiger partial charge in [0.15, 0.2) is 0 Å². The van der Waals surface area contributed by atoms with Crippen LogP contribution in [0.25, 0.3) is 0 Å². The van der Waals surface area contributed by atoms with Crippen molar-refractivity contribution in [2.24, 2.45) is 4.99 Å². The Bertz CT molecular complexity index is 739. The van der Waals surface area contributed by atoms with Crippen LogP contribution in [0.15, 0.2) is 115 Å². The van der Waals surface area contributed by atoms with Gasteiger partial charge in [-0.2, -0.15) is 0 Å². The van der Waals surface area contributed by atoms with Gasteiger partial charge in [0, 0.05) is 6.20 Å². The molecule has 1 aromatic rings. The third-order valence-corrected chi connectivity index (χ3v) is 4.38. The van der Waals surface area contributed by atoms with E-state index in [0.717, 1.165) is 43.3 Å². The van der Waals surface area contributed by atoms with Gasteiger partial charge in [0.25, 0.3) is 0 Å². The van der Waals surface area contributed by atoms with E-state index in [1.165, 1.54) is 16.7 Å². The van der Waals surface area contributed by atoms with E-state index in [1.807, 2.05) is 24.3 Å². The summed E-state index contributed by atoms with van der Waals surface area (Å²) in [6.45, 7) is 22.7. The van der Waals surface area contributed by atoms with Crippen molar-refractivity contribution in [3.05, 3.63) is 121 Å². The van der Waals surface area contributed by atoms with E-state index in [4.69, 9.17) is 0 Å². The van der Waals surface area contributed by atoms with E-state index < -0.39 is 0 Å². The normalized spacial score (nSPS) is 11.7. The number of nitrogens with zero attached hydrogens (tertiary/aromatic N) is 1. The highest BCUT2D eigenvalue weighted by Crippen LogP contribution is 2.14. The van der Waals surface area contributed by atoms with Crippen LogP contribution in [-0.4, -0.2) is 6.72 Å². The minimum atomic E-state index is 0.971. The van der Waals surface area contributed by atoms with Crippen LogP contribution in [0.4, 0.5) is 0 Å². The fourth-order valence-corrected chi connectivity index (χ4v) is 2.60. The molecule has 0 aliphatic heterocycles. The lowest BCUT2D eigenvalue weighted by Crippen LogP contribution is -1.88. The number of aliphatic imine (C=N–C) groups is 1. The standard InChI is InChI=1S/C16H20.C12H17N/c1-4-7-14(5-2)8-11-16-12-9-15(6-3)10-13-16;1-5-8-9-11(6-2)12(7-3)10-13-4/h4-5,7,9-10,12-13H,1-2,6,8,11H2,3H3;6-7,9-10H,2-5,8H2,1H3/b14-7+;11-9+,12-10+. The van der Waals surface area contributed by atoms with Crippen molar-refractivity contribution >= 4 is 6.72 Å². The zero-order chi connectivity index (χ0) is 21.9. The lowest BCUT2D eigenvalue weighted by Gasteiger charge is -2.03. The van der Waals surface area contributed by atoms with E-state index in [2.05, 4.69) is 82.2 Å². The second-order valence-electron chi connectivity index (χ2n) is 6.47. The monoisotopic (exact) mass is 387 g/mol. The minimum absolute atomic E-state index is 0.971. The van der Waals surface area contributed by atoms with Crippen LogP contribution in [0.2, 0.25) is 0 Å². The molecule has 0 bridgehead atoms. The molecule has 0 aromatic heterocycles. The van der Waals surface area contributed by atoms with Gasteiger partial charge in [-0.1, -0.05) is 107 Å². The second kappa shape index (κ2) is 17.2. The van der Waals surface area contributed by atoms with Crippen molar-refractivity contribution in [2.75, 3.05) is 0 Å². The number of unbranched alkanes of at least 4 members (excludes halogenated alkanes) is 1. The molecule has 1 rings (SSSR count). The molecule has 0 radical (unpaired) electrons. The predicted molar refractivity (Wildman–Crippen MR) is 134 cm³/mol. The van der Waals surface area contributed by atoms with Gasteiger partial charge in [-0.15, -0.1) is 0 Å². The van der Waals surface area contributed by atoms with E-state index in [9.17, 15) is 0 Å². The van der Waals surface area contributed by atoms with Crippen LogP contribution in [0.3, 0.4) is 0 Å². The Morgan fingerprint density at radius 1 is 0.897 bits per heavy atom. The number of aryl methyl sites for hydroxylation is 2. The SMILES string of the molecule is C=C/C=C(\C=C)CCc1ccc(CC)cc1.C=CC(=C\CCC)/C(C=C)=C/N=C. The highest BCUT2D eigenvalue weighted by molar-refractivity contribution is 5.45. The Labute approximate surface area is 179 Å². The van der Waals surface area contributed by atoms with Gasteiger partial charge in [-0.3, -0.25) is 4.99 Å². The van der Waals surface area contributed by atoms with Crippen molar-refractivity contribution in [1.29, 1.82) is 0 Å². The van der Waals surface area contributed by atoms with Gasteiger partial charge in [0.2, 0.25) is 0 Å². The first-order valence-electron chi connectivity index (χ1n) is 10.2.